The molecule has 150 valence electrons. The summed E-state index contributed by atoms with van der Waals surface area (Å²) in [5.74, 6) is 0.711. The van der Waals surface area contributed by atoms with Crippen LogP contribution in [0.4, 0.5) is 15.4 Å². The van der Waals surface area contributed by atoms with Crippen molar-refractivity contribution >= 4 is 29.6 Å². The van der Waals surface area contributed by atoms with E-state index in [2.05, 4.69) is 26.1 Å². The van der Waals surface area contributed by atoms with Crippen molar-refractivity contribution in [3.05, 3.63) is 17.3 Å². The first kappa shape index (κ1) is 21.0. The van der Waals surface area contributed by atoms with Crippen LogP contribution in [-0.2, 0) is 4.74 Å². The van der Waals surface area contributed by atoms with Crippen LogP contribution in [0, 0.1) is 0 Å². The van der Waals surface area contributed by atoms with E-state index in [1.807, 2.05) is 25.7 Å². The topological polar surface area (TPSA) is 129 Å². The molecule has 2 saturated heterocycles. The fraction of sp³-hybridized carbons (Fsp3) is 0.625. The molecule has 2 amide bonds. The monoisotopic (exact) mass is 400 g/mol. The number of rotatable bonds is 3. The van der Waals surface area contributed by atoms with Crippen LogP contribution in [0.1, 0.15) is 20.8 Å². The van der Waals surface area contributed by atoms with Gasteiger partial charge in [0.15, 0.2) is 11.0 Å². The van der Waals surface area contributed by atoms with Crippen molar-refractivity contribution in [2.75, 3.05) is 31.1 Å². The smallest absolute Gasteiger partial charge is 0.407 e. The van der Waals surface area contributed by atoms with E-state index in [0.29, 0.717) is 24.1 Å². The third kappa shape index (κ3) is 7.43. The number of alkyl carbamates (subject to hydrolysis) is 1. The Hall–Kier alpha value is -2.33. The van der Waals surface area contributed by atoms with Crippen LogP contribution in [0.3, 0.4) is 0 Å². The molecule has 0 radical (unpaired) electrons. The summed E-state index contributed by atoms with van der Waals surface area (Å²) in [6.45, 7) is 8.48. The summed E-state index contributed by atoms with van der Waals surface area (Å²) in [6, 6.07) is 3.63. The molecule has 0 aliphatic carbocycles. The minimum atomic E-state index is -0.998. The lowest BCUT2D eigenvalue weighted by Gasteiger charge is -2.39. The number of carbonyl (C=O) groups excluding carboxylic acids is 1. The second-order valence-corrected chi connectivity index (χ2v) is 7.65. The number of hydrogen-bond acceptors (Lipinski definition) is 7. The van der Waals surface area contributed by atoms with Crippen molar-refractivity contribution in [2.45, 2.75) is 38.5 Å². The van der Waals surface area contributed by atoms with E-state index in [9.17, 15) is 9.59 Å². The first-order valence-electron chi connectivity index (χ1n) is 8.56. The van der Waals surface area contributed by atoms with E-state index in [-0.39, 0.29) is 18.2 Å². The molecule has 0 spiro atoms. The second kappa shape index (κ2) is 9.05. The SMILES string of the molecule is CC(C)(C)OC(=O)NC1CNC1.O=C(O)NC1CN(c2ccc(Cl)nn2)C1. The van der Waals surface area contributed by atoms with Crippen molar-refractivity contribution < 1.29 is 19.4 Å². The van der Waals surface area contributed by atoms with Gasteiger partial charge >= 0.3 is 12.2 Å². The van der Waals surface area contributed by atoms with Crippen molar-refractivity contribution in [3.63, 3.8) is 0 Å². The fourth-order valence-electron chi connectivity index (χ4n) is 2.27. The third-order valence-electron chi connectivity index (χ3n) is 3.65. The Morgan fingerprint density at radius 1 is 1.22 bits per heavy atom. The van der Waals surface area contributed by atoms with Gasteiger partial charge in [0.05, 0.1) is 12.1 Å². The van der Waals surface area contributed by atoms with E-state index < -0.39 is 11.7 Å². The molecule has 3 heterocycles. The Balaban J connectivity index is 0.000000199. The maximum Gasteiger partial charge on any atom is 0.407 e. The number of nitrogens with zero attached hydrogens (tertiary/aromatic N) is 3. The molecule has 2 fully saturated rings. The molecule has 0 bridgehead atoms. The van der Waals surface area contributed by atoms with Crippen LogP contribution in [0.15, 0.2) is 12.1 Å². The van der Waals surface area contributed by atoms with Crippen molar-refractivity contribution in [2.24, 2.45) is 0 Å². The van der Waals surface area contributed by atoms with Gasteiger partial charge in [-0.3, -0.25) is 0 Å². The van der Waals surface area contributed by atoms with Gasteiger partial charge in [0.25, 0.3) is 0 Å². The van der Waals surface area contributed by atoms with Gasteiger partial charge in [-0.25, -0.2) is 9.59 Å². The van der Waals surface area contributed by atoms with Crippen LogP contribution in [-0.4, -0.2) is 71.4 Å². The van der Waals surface area contributed by atoms with Gasteiger partial charge in [-0.1, -0.05) is 11.6 Å². The zero-order chi connectivity index (χ0) is 20.0. The first-order chi connectivity index (χ1) is 12.6. The lowest BCUT2D eigenvalue weighted by Crippen LogP contribution is -2.59. The maximum atomic E-state index is 11.1. The lowest BCUT2D eigenvalue weighted by atomic mass is 10.1. The summed E-state index contributed by atoms with van der Waals surface area (Å²) >= 11 is 5.59. The minimum absolute atomic E-state index is 0.0278. The normalized spacial score (nSPS) is 17.0. The highest BCUT2D eigenvalue weighted by Crippen LogP contribution is 2.18. The molecule has 1 aromatic rings. The summed E-state index contributed by atoms with van der Waals surface area (Å²) in [4.78, 5) is 23.3. The number of aromatic nitrogens is 2. The Morgan fingerprint density at radius 2 is 1.89 bits per heavy atom. The van der Waals surface area contributed by atoms with Gasteiger partial charge in [0, 0.05) is 26.2 Å². The number of amides is 2. The Bertz CT molecular complexity index is 641. The van der Waals surface area contributed by atoms with Crippen molar-refractivity contribution in [1.29, 1.82) is 0 Å². The molecule has 2 aliphatic heterocycles. The van der Waals surface area contributed by atoms with E-state index in [4.69, 9.17) is 21.4 Å². The van der Waals surface area contributed by atoms with Gasteiger partial charge in [-0.15, -0.1) is 10.2 Å². The summed E-state index contributed by atoms with van der Waals surface area (Å²) in [5.41, 5.74) is -0.402. The van der Waals surface area contributed by atoms with E-state index in [1.54, 1.807) is 12.1 Å². The molecule has 0 saturated carbocycles. The zero-order valence-electron chi connectivity index (χ0n) is 15.5. The van der Waals surface area contributed by atoms with Gasteiger partial charge in [-0.05, 0) is 32.9 Å². The zero-order valence-corrected chi connectivity index (χ0v) is 16.3. The molecule has 0 unspecified atom stereocenters. The number of halogens is 1. The van der Waals surface area contributed by atoms with Crippen LogP contribution in [0.2, 0.25) is 5.15 Å². The summed E-state index contributed by atoms with van der Waals surface area (Å²) in [7, 11) is 0. The van der Waals surface area contributed by atoms with E-state index >= 15 is 0 Å². The largest absolute Gasteiger partial charge is 0.465 e. The fourth-order valence-corrected chi connectivity index (χ4v) is 2.37. The summed E-state index contributed by atoms with van der Waals surface area (Å²) in [5, 5.41) is 24.6. The lowest BCUT2D eigenvalue weighted by molar-refractivity contribution is 0.0488. The molecule has 0 atom stereocenters. The van der Waals surface area contributed by atoms with Crippen molar-refractivity contribution in [1.82, 2.24) is 26.1 Å². The van der Waals surface area contributed by atoms with Gasteiger partial charge in [-0.2, -0.15) is 0 Å². The van der Waals surface area contributed by atoms with Crippen LogP contribution >= 0.6 is 11.6 Å². The molecule has 11 heteroatoms. The van der Waals surface area contributed by atoms with Gasteiger partial charge in [0.2, 0.25) is 0 Å². The Kier molecular flexibility index (Phi) is 7.03. The maximum absolute atomic E-state index is 11.1. The highest BCUT2D eigenvalue weighted by Gasteiger charge is 2.29. The van der Waals surface area contributed by atoms with Crippen molar-refractivity contribution in [3.8, 4) is 0 Å². The van der Waals surface area contributed by atoms with Crippen LogP contribution in [0.5, 0.6) is 0 Å². The number of carbonyl (C=O) groups is 2. The highest BCUT2D eigenvalue weighted by molar-refractivity contribution is 6.29. The first-order valence-corrected chi connectivity index (χ1v) is 8.94. The molecule has 0 aromatic carbocycles. The number of anilines is 1. The number of ether oxygens (including phenoxy) is 1. The van der Waals surface area contributed by atoms with Crippen LogP contribution in [0.25, 0.3) is 0 Å². The number of carboxylic acid groups (broad SMARTS) is 1. The van der Waals surface area contributed by atoms with E-state index in [0.717, 1.165) is 13.1 Å². The minimum Gasteiger partial charge on any atom is -0.465 e. The Morgan fingerprint density at radius 3 is 2.33 bits per heavy atom. The highest BCUT2D eigenvalue weighted by atomic mass is 35.5. The van der Waals surface area contributed by atoms with Crippen LogP contribution < -0.4 is 20.9 Å². The molecule has 1 aromatic heterocycles. The number of hydrogen-bond donors (Lipinski definition) is 4. The quantitative estimate of drug-likeness (QED) is 0.593. The summed E-state index contributed by atoms with van der Waals surface area (Å²) in [6.07, 6.45) is -1.32. The molecular formula is C16H25ClN6O4. The molecule has 27 heavy (non-hydrogen) atoms. The number of nitrogens with one attached hydrogen (secondary N) is 3. The Labute approximate surface area is 162 Å². The van der Waals surface area contributed by atoms with E-state index in [1.165, 1.54) is 0 Å². The molecular weight excluding hydrogens is 376 g/mol. The second-order valence-electron chi connectivity index (χ2n) is 7.27. The average molecular weight is 401 g/mol. The molecule has 2 aliphatic rings. The molecule has 10 nitrogen and oxygen atoms in total. The third-order valence-corrected chi connectivity index (χ3v) is 3.85. The van der Waals surface area contributed by atoms with Gasteiger partial charge < -0.3 is 30.7 Å². The van der Waals surface area contributed by atoms with Gasteiger partial charge in [0.1, 0.15) is 5.60 Å². The predicted octanol–water partition coefficient (Wildman–Crippen LogP) is 1.07. The summed E-state index contributed by atoms with van der Waals surface area (Å²) < 4.78 is 5.07. The predicted molar refractivity (Wildman–Crippen MR) is 100 cm³/mol. The molecule has 3 rings (SSSR count). The molecule has 4 N–H and O–H groups in total. The average Bonchev–Trinajstić information content (AvgIpc) is 2.46. The standard InChI is InChI=1S/C8H9ClN4O2.C8H16N2O2/c9-6-1-2-7(12-11-6)13-3-5(4-13)10-8(14)15;1-8(2,3)12-7(11)10-6-4-9-5-6/h1-2,5,10H,3-4H2,(H,14,15);6,9H,4-5H2,1-3H3,(H,10,11).